The predicted molar refractivity (Wildman–Crippen MR) is 106 cm³/mol. The van der Waals surface area contributed by atoms with Gasteiger partial charge in [-0.05, 0) is 25.0 Å². The minimum absolute atomic E-state index is 0.118. The third-order valence-electron chi connectivity index (χ3n) is 4.31. The number of nitrogens with one attached hydrogen (secondary N) is 2. The number of hydrogen-bond donors (Lipinski definition) is 3. The Morgan fingerprint density at radius 3 is 2.72 bits per heavy atom. The van der Waals surface area contributed by atoms with E-state index in [1.807, 2.05) is 0 Å². The molecule has 1 fully saturated rings. The van der Waals surface area contributed by atoms with E-state index in [1.165, 1.54) is 18.3 Å². The van der Waals surface area contributed by atoms with Crippen LogP contribution in [0, 0.1) is 10.1 Å². The quantitative estimate of drug-likeness (QED) is 0.362. The van der Waals surface area contributed by atoms with Crippen LogP contribution in [0.5, 0.6) is 11.5 Å². The highest BCUT2D eigenvalue weighted by Gasteiger charge is 2.34. The fourth-order valence-electron chi connectivity index (χ4n) is 2.75. The number of rotatable bonds is 7. The molecular weight excluding hydrogens is 381 g/mol. The first-order chi connectivity index (χ1) is 13.9. The van der Waals surface area contributed by atoms with Crippen molar-refractivity contribution in [2.75, 3.05) is 30.8 Å². The van der Waals surface area contributed by atoms with E-state index >= 15 is 0 Å². The molecule has 0 unspecified atom stereocenters. The maximum atomic E-state index is 12.0. The maximum absolute atomic E-state index is 12.0. The molecule has 1 aliphatic heterocycles. The second kappa shape index (κ2) is 8.75. The molecule has 29 heavy (non-hydrogen) atoms. The largest absolute Gasteiger partial charge is 0.457 e. The zero-order valence-electron chi connectivity index (χ0n) is 15.9. The zero-order chi connectivity index (χ0) is 21.0. The lowest BCUT2D eigenvalue weighted by Crippen LogP contribution is -2.58. The highest BCUT2D eigenvalue weighted by molar-refractivity contribution is 6.45. The molecule has 1 aliphatic rings. The van der Waals surface area contributed by atoms with Gasteiger partial charge in [0.15, 0.2) is 0 Å². The van der Waals surface area contributed by atoms with Crippen LogP contribution in [-0.4, -0.2) is 59.1 Å². The third-order valence-corrected chi connectivity index (χ3v) is 4.31. The molecule has 0 atom stereocenters. The third kappa shape index (κ3) is 5.12. The fourth-order valence-corrected chi connectivity index (χ4v) is 2.75. The summed E-state index contributed by atoms with van der Waals surface area (Å²) in [6.07, 6.45) is 0.467. The van der Waals surface area contributed by atoms with Gasteiger partial charge in [-0.25, -0.2) is 9.78 Å². The molecule has 2 heterocycles. The van der Waals surface area contributed by atoms with Crippen LogP contribution in [0.4, 0.5) is 22.0 Å². The van der Waals surface area contributed by atoms with Crippen molar-refractivity contribution in [1.29, 1.82) is 0 Å². The van der Waals surface area contributed by atoms with Crippen LogP contribution in [0.2, 0.25) is 6.82 Å². The number of nitro benzene ring substituents is 1. The van der Waals surface area contributed by atoms with E-state index in [1.54, 1.807) is 36.9 Å². The Kier molecular flexibility index (Phi) is 6.15. The van der Waals surface area contributed by atoms with Crippen LogP contribution < -0.4 is 15.4 Å². The van der Waals surface area contributed by atoms with Gasteiger partial charge in [0.1, 0.15) is 29.1 Å². The van der Waals surface area contributed by atoms with E-state index < -0.39 is 18.1 Å². The minimum atomic E-state index is -0.668. The minimum Gasteiger partial charge on any atom is -0.457 e. The number of nitro groups is 1. The molecule has 2 aromatic rings. The Morgan fingerprint density at radius 2 is 2.07 bits per heavy atom. The average Bonchev–Trinajstić information content (AvgIpc) is 2.64. The van der Waals surface area contributed by atoms with Crippen LogP contribution >= 0.6 is 0 Å². The molecular formula is C17H20BN5O6. The first-order valence-corrected chi connectivity index (χ1v) is 8.85. The number of hydrogen-bond acceptors (Lipinski definition) is 9. The number of benzene rings is 1. The molecule has 12 heteroatoms. The standard InChI is InChI=1S/C17H20BN5O6/c1-18(25)22-9-13(10-22)29-17(24)21-16-8-12(5-6-20-16)28-11-3-4-14(19-2)15(7-11)23(26)27/h3-8,13,19,25H,9-10H2,1-2H3,(H,20,21,24). The Morgan fingerprint density at radius 1 is 1.34 bits per heavy atom. The highest BCUT2D eigenvalue weighted by Crippen LogP contribution is 2.31. The highest BCUT2D eigenvalue weighted by atomic mass is 16.6. The molecule has 1 aromatic carbocycles. The van der Waals surface area contributed by atoms with E-state index in [9.17, 15) is 19.9 Å². The molecule has 1 amide bonds. The summed E-state index contributed by atoms with van der Waals surface area (Å²) in [7, 11) is 1.01. The summed E-state index contributed by atoms with van der Waals surface area (Å²) in [5, 5.41) is 25.8. The van der Waals surface area contributed by atoms with Crippen molar-refractivity contribution in [1.82, 2.24) is 9.79 Å². The summed E-state index contributed by atoms with van der Waals surface area (Å²) in [5.74, 6) is 0.814. The van der Waals surface area contributed by atoms with E-state index in [0.29, 0.717) is 24.5 Å². The van der Waals surface area contributed by atoms with Gasteiger partial charge >= 0.3 is 13.1 Å². The first kappa shape index (κ1) is 20.4. The van der Waals surface area contributed by atoms with Crippen LogP contribution in [0.1, 0.15) is 0 Å². The van der Waals surface area contributed by atoms with E-state index in [2.05, 4.69) is 15.6 Å². The Balaban J connectivity index is 1.60. The van der Waals surface area contributed by atoms with Crippen LogP contribution in [0.15, 0.2) is 36.5 Å². The molecule has 0 bridgehead atoms. The number of pyridine rings is 1. The van der Waals surface area contributed by atoms with Crippen LogP contribution in [0.3, 0.4) is 0 Å². The molecule has 0 radical (unpaired) electrons. The van der Waals surface area contributed by atoms with Crippen molar-refractivity contribution < 1.29 is 24.2 Å². The van der Waals surface area contributed by atoms with Gasteiger partial charge in [-0.1, -0.05) is 0 Å². The lowest BCUT2D eigenvalue weighted by molar-refractivity contribution is -0.384. The molecule has 1 saturated heterocycles. The first-order valence-electron chi connectivity index (χ1n) is 8.85. The van der Waals surface area contributed by atoms with Gasteiger partial charge in [-0.2, -0.15) is 0 Å². The summed E-state index contributed by atoms with van der Waals surface area (Å²) in [6, 6.07) is 7.46. The van der Waals surface area contributed by atoms with Gasteiger partial charge in [-0.3, -0.25) is 15.4 Å². The van der Waals surface area contributed by atoms with Crippen molar-refractivity contribution in [3.05, 3.63) is 46.6 Å². The summed E-state index contributed by atoms with van der Waals surface area (Å²) < 4.78 is 10.9. The number of anilines is 2. The summed E-state index contributed by atoms with van der Waals surface area (Å²) in [6.45, 7) is 2.57. The molecule has 0 spiro atoms. The SMILES string of the molecule is CNc1ccc(Oc2ccnc(NC(=O)OC3CN(B(C)O)C3)c2)cc1[N+](=O)[O-]. The van der Waals surface area contributed by atoms with Crippen molar-refractivity contribution in [3.8, 4) is 11.5 Å². The Labute approximate surface area is 166 Å². The topological polar surface area (TPSA) is 139 Å². The van der Waals surface area contributed by atoms with Crippen molar-refractivity contribution in [2.24, 2.45) is 0 Å². The van der Waals surface area contributed by atoms with Gasteiger partial charge in [0.25, 0.3) is 5.69 Å². The number of aromatic nitrogens is 1. The summed E-state index contributed by atoms with van der Waals surface area (Å²) in [5.41, 5.74) is 0.250. The monoisotopic (exact) mass is 401 g/mol. The maximum Gasteiger partial charge on any atom is 0.413 e. The fraction of sp³-hybridized carbons (Fsp3) is 0.294. The van der Waals surface area contributed by atoms with Gasteiger partial charge < -0.3 is 24.6 Å². The van der Waals surface area contributed by atoms with E-state index in [4.69, 9.17) is 9.47 Å². The number of amides is 1. The van der Waals surface area contributed by atoms with Crippen molar-refractivity contribution in [2.45, 2.75) is 12.9 Å². The number of nitrogens with zero attached hydrogens (tertiary/aromatic N) is 3. The molecule has 1 aromatic heterocycles. The zero-order valence-corrected chi connectivity index (χ0v) is 15.9. The van der Waals surface area contributed by atoms with E-state index in [-0.39, 0.29) is 23.4 Å². The van der Waals surface area contributed by atoms with Gasteiger partial charge in [0, 0.05) is 32.4 Å². The molecule has 152 valence electrons. The van der Waals surface area contributed by atoms with Crippen LogP contribution in [-0.2, 0) is 4.74 Å². The molecule has 3 N–H and O–H groups in total. The molecule has 11 nitrogen and oxygen atoms in total. The smallest absolute Gasteiger partial charge is 0.413 e. The number of carbonyl (C=O) groups excluding carboxylic acids is 1. The molecule has 0 aliphatic carbocycles. The molecule has 0 saturated carbocycles. The van der Waals surface area contributed by atoms with Crippen LogP contribution in [0.25, 0.3) is 0 Å². The van der Waals surface area contributed by atoms with Crippen molar-refractivity contribution >= 4 is 30.3 Å². The lowest BCUT2D eigenvalue weighted by Gasteiger charge is -2.38. The van der Waals surface area contributed by atoms with Gasteiger partial charge in [-0.15, -0.1) is 0 Å². The summed E-state index contributed by atoms with van der Waals surface area (Å²) in [4.78, 5) is 28.4. The van der Waals surface area contributed by atoms with Gasteiger partial charge in [0.2, 0.25) is 0 Å². The summed E-state index contributed by atoms with van der Waals surface area (Å²) >= 11 is 0. The number of carbonyl (C=O) groups is 1. The second-order valence-corrected chi connectivity index (χ2v) is 6.40. The number of ether oxygens (including phenoxy) is 2. The normalized spacial score (nSPS) is 13.9. The Bertz CT molecular complexity index is 906. The second-order valence-electron chi connectivity index (χ2n) is 6.40. The van der Waals surface area contributed by atoms with Crippen molar-refractivity contribution in [3.63, 3.8) is 0 Å². The van der Waals surface area contributed by atoms with Gasteiger partial charge in [0.05, 0.1) is 11.0 Å². The molecule has 3 rings (SSSR count). The average molecular weight is 401 g/mol. The van der Waals surface area contributed by atoms with E-state index in [0.717, 1.165) is 0 Å². The lowest BCUT2D eigenvalue weighted by atomic mass is 9.81. The Hall–Kier alpha value is -3.38. The predicted octanol–water partition coefficient (Wildman–Crippen LogP) is 2.17.